The van der Waals surface area contributed by atoms with Gasteiger partial charge in [-0.1, -0.05) is 6.07 Å². The third-order valence-electron chi connectivity index (χ3n) is 6.15. The van der Waals surface area contributed by atoms with E-state index in [4.69, 9.17) is 0 Å². The molecule has 0 radical (unpaired) electrons. The van der Waals surface area contributed by atoms with Crippen LogP contribution in [-0.4, -0.2) is 33.1 Å². The van der Waals surface area contributed by atoms with Crippen molar-refractivity contribution in [2.45, 2.75) is 69.9 Å². The quantitative estimate of drug-likeness (QED) is 0.934. The van der Waals surface area contributed by atoms with E-state index >= 15 is 0 Å². The lowest BCUT2D eigenvalue weighted by Crippen LogP contribution is -2.44. The summed E-state index contributed by atoms with van der Waals surface area (Å²) >= 11 is 0. The maximum Gasteiger partial charge on any atom is 0.254 e. The van der Waals surface area contributed by atoms with E-state index in [1.807, 2.05) is 6.20 Å². The molecule has 3 aliphatic rings. The minimum Gasteiger partial charge on any atom is -0.332 e. The van der Waals surface area contributed by atoms with Gasteiger partial charge in [0.25, 0.3) is 5.91 Å². The van der Waals surface area contributed by atoms with Gasteiger partial charge in [0.1, 0.15) is 0 Å². The van der Waals surface area contributed by atoms with Gasteiger partial charge in [-0.05, 0) is 86.6 Å². The van der Waals surface area contributed by atoms with Crippen molar-refractivity contribution in [2.75, 3.05) is 0 Å². The molecule has 1 atom stereocenters. The Hall–Kier alpha value is -2.10. The Balaban J connectivity index is 1.42. The second kappa shape index (κ2) is 6.01. The van der Waals surface area contributed by atoms with Gasteiger partial charge < -0.3 is 4.90 Å². The van der Waals surface area contributed by atoms with Gasteiger partial charge in [0.05, 0.1) is 6.20 Å². The fourth-order valence-electron chi connectivity index (χ4n) is 4.63. The van der Waals surface area contributed by atoms with Gasteiger partial charge in [-0.2, -0.15) is 5.10 Å². The molecule has 1 amide bonds. The number of nitrogens with one attached hydrogen (secondary N) is 1. The first-order chi connectivity index (χ1) is 12.3. The van der Waals surface area contributed by atoms with E-state index in [0.717, 1.165) is 44.1 Å². The van der Waals surface area contributed by atoms with Crippen LogP contribution in [0.25, 0.3) is 0 Å². The van der Waals surface area contributed by atoms with Crippen LogP contribution in [0.4, 0.5) is 0 Å². The van der Waals surface area contributed by atoms with Gasteiger partial charge >= 0.3 is 0 Å². The summed E-state index contributed by atoms with van der Waals surface area (Å²) in [6, 6.07) is 7.21. The molecule has 3 aliphatic carbocycles. The zero-order valence-electron chi connectivity index (χ0n) is 14.6. The maximum atomic E-state index is 13.4. The minimum atomic E-state index is 0.243. The van der Waals surface area contributed by atoms with Crippen molar-refractivity contribution in [1.82, 2.24) is 15.1 Å². The molecule has 1 aromatic carbocycles. The molecule has 130 valence electrons. The standard InChI is InChI=1S/C21H25N3O/c25-21(16-6-5-14-3-1-2-4-15(14)11-16)24(18-7-8-18)19-9-10-20-17(12-19)13-22-23-20/h5-6,11,13,18-19H,1-4,7-10,12H2,(H,22,23). The molecule has 4 nitrogen and oxygen atoms in total. The van der Waals surface area contributed by atoms with Gasteiger partial charge in [0, 0.05) is 23.3 Å². The van der Waals surface area contributed by atoms with Crippen molar-refractivity contribution < 1.29 is 4.79 Å². The van der Waals surface area contributed by atoms with Gasteiger partial charge in [0.15, 0.2) is 0 Å². The molecular weight excluding hydrogens is 310 g/mol. The highest BCUT2D eigenvalue weighted by molar-refractivity contribution is 5.95. The summed E-state index contributed by atoms with van der Waals surface area (Å²) < 4.78 is 0. The Morgan fingerprint density at radius 1 is 1.00 bits per heavy atom. The summed E-state index contributed by atoms with van der Waals surface area (Å²) in [6.45, 7) is 0. The number of carbonyl (C=O) groups excluding carboxylic acids is 1. The highest BCUT2D eigenvalue weighted by Crippen LogP contribution is 2.35. The predicted molar refractivity (Wildman–Crippen MR) is 96.7 cm³/mol. The van der Waals surface area contributed by atoms with Crippen molar-refractivity contribution >= 4 is 5.91 Å². The van der Waals surface area contributed by atoms with Crippen LogP contribution in [-0.2, 0) is 25.7 Å². The summed E-state index contributed by atoms with van der Waals surface area (Å²) in [5.41, 5.74) is 6.29. The summed E-state index contributed by atoms with van der Waals surface area (Å²) in [5.74, 6) is 0.243. The topological polar surface area (TPSA) is 49.0 Å². The average molecular weight is 335 g/mol. The number of hydrogen-bond donors (Lipinski definition) is 1. The first-order valence-electron chi connectivity index (χ1n) is 9.75. The Kier molecular flexibility index (Phi) is 3.65. The van der Waals surface area contributed by atoms with E-state index in [0.29, 0.717) is 12.1 Å². The van der Waals surface area contributed by atoms with Gasteiger partial charge in [-0.3, -0.25) is 9.89 Å². The maximum absolute atomic E-state index is 13.4. The van der Waals surface area contributed by atoms with Crippen molar-refractivity contribution in [2.24, 2.45) is 0 Å². The Labute approximate surface area is 148 Å². The number of carbonyl (C=O) groups is 1. The van der Waals surface area contributed by atoms with E-state index < -0.39 is 0 Å². The van der Waals surface area contributed by atoms with Crippen LogP contribution < -0.4 is 0 Å². The van der Waals surface area contributed by atoms with Gasteiger partial charge in [0.2, 0.25) is 0 Å². The molecule has 0 aliphatic heterocycles. The number of amides is 1. The van der Waals surface area contributed by atoms with Crippen molar-refractivity contribution in [3.05, 3.63) is 52.3 Å². The molecule has 4 heteroatoms. The molecule has 25 heavy (non-hydrogen) atoms. The largest absolute Gasteiger partial charge is 0.332 e. The molecular formula is C21H25N3O. The predicted octanol–water partition coefficient (Wildman–Crippen LogP) is 3.45. The van der Waals surface area contributed by atoms with Gasteiger partial charge in [-0.15, -0.1) is 0 Å². The number of aryl methyl sites for hydroxylation is 3. The Bertz CT molecular complexity index is 805. The normalized spacial score (nSPS) is 22.2. The first-order valence-corrected chi connectivity index (χ1v) is 9.75. The molecule has 5 rings (SSSR count). The molecule has 1 N–H and O–H groups in total. The monoisotopic (exact) mass is 335 g/mol. The smallest absolute Gasteiger partial charge is 0.254 e. The fourth-order valence-corrected chi connectivity index (χ4v) is 4.63. The van der Waals surface area contributed by atoms with Crippen molar-refractivity contribution in [3.8, 4) is 0 Å². The summed E-state index contributed by atoms with van der Waals surface area (Å²) in [4.78, 5) is 15.6. The third-order valence-corrected chi connectivity index (χ3v) is 6.15. The van der Waals surface area contributed by atoms with Gasteiger partial charge in [-0.25, -0.2) is 0 Å². The third kappa shape index (κ3) is 2.78. The molecule has 1 fully saturated rings. The van der Waals surface area contributed by atoms with Crippen LogP contribution >= 0.6 is 0 Å². The highest BCUT2D eigenvalue weighted by Gasteiger charge is 2.39. The molecule has 2 aromatic rings. The molecule has 1 unspecified atom stereocenters. The SMILES string of the molecule is O=C(c1ccc2c(c1)CCCC2)N(C1CC1)C1CCc2[nH]ncc2C1. The van der Waals surface area contributed by atoms with Crippen LogP contribution in [0.2, 0.25) is 0 Å². The lowest BCUT2D eigenvalue weighted by molar-refractivity contribution is 0.0642. The average Bonchev–Trinajstić information content (AvgIpc) is 3.37. The van der Waals surface area contributed by atoms with E-state index in [1.54, 1.807) is 0 Å². The first kappa shape index (κ1) is 15.2. The van der Waals surface area contributed by atoms with Crippen LogP contribution in [0.5, 0.6) is 0 Å². The Morgan fingerprint density at radius 3 is 2.68 bits per heavy atom. The number of nitrogens with zero attached hydrogens (tertiary/aromatic N) is 2. The zero-order valence-corrected chi connectivity index (χ0v) is 14.6. The van der Waals surface area contributed by atoms with E-state index in [9.17, 15) is 4.79 Å². The Morgan fingerprint density at radius 2 is 1.84 bits per heavy atom. The number of H-pyrrole nitrogens is 1. The van der Waals surface area contributed by atoms with Crippen molar-refractivity contribution in [1.29, 1.82) is 0 Å². The lowest BCUT2D eigenvalue weighted by Gasteiger charge is -2.34. The van der Waals surface area contributed by atoms with E-state index in [1.165, 1.54) is 41.6 Å². The number of rotatable bonds is 3. The number of fused-ring (bicyclic) bond motifs is 2. The fraction of sp³-hybridized carbons (Fsp3) is 0.524. The number of benzene rings is 1. The molecule has 1 saturated carbocycles. The van der Waals surface area contributed by atoms with Crippen molar-refractivity contribution in [3.63, 3.8) is 0 Å². The number of aromatic nitrogens is 2. The number of hydrogen-bond acceptors (Lipinski definition) is 2. The van der Waals surface area contributed by atoms with E-state index in [2.05, 4.69) is 33.3 Å². The second-order valence-corrected chi connectivity index (χ2v) is 7.90. The summed E-state index contributed by atoms with van der Waals surface area (Å²) in [5, 5.41) is 7.28. The highest BCUT2D eigenvalue weighted by atomic mass is 16.2. The molecule has 0 bridgehead atoms. The molecule has 0 saturated heterocycles. The van der Waals surface area contributed by atoms with Crippen LogP contribution in [0.1, 0.15) is 64.8 Å². The summed E-state index contributed by atoms with van der Waals surface area (Å²) in [6.07, 6.45) is 12.1. The second-order valence-electron chi connectivity index (χ2n) is 7.90. The summed E-state index contributed by atoms with van der Waals surface area (Å²) in [7, 11) is 0. The minimum absolute atomic E-state index is 0.243. The lowest BCUT2D eigenvalue weighted by atomic mass is 9.89. The van der Waals surface area contributed by atoms with Crippen LogP contribution in [0, 0.1) is 0 Å². The number of aromatic amines is 1. The van der Waals surface area contributed by atoms with Crippen LogP contribution in [0.3, 0.4) is 0 Å². The van der Waals surface area contributed by atoms with E-state index in [-0.39, 0.29) is 5.91 Å². The van der Waals surface area contributed by atoms with Crippen LogP contribution in [0.15, 0.2) is 24.4 Å². The zero-order chi connectivity index (χ0) is 16.8. The molecule has 1 aromatic heterocycles. The molecule has 0 spiro atoms. The molecule has 1 heterocycles.